The number of nitrogens with one attached hydrogen (secondary N) is 1. The van der Waals surface area contributed by atoms with Crippen molar-refractivity contribution < 1.29 is 19.1 Å². The Morgan fingerprint density at radius 2 is 1.78 bits per heavy atom. The maximum atomic E-state index is 12.8. The molecule has 4 amide bonds. The summed E-state index contributed by atoms with van der Waals surface area (Å²) < 4.78 is 5.08. The van der Waals surface area contributed by atoms with E-state index in [1.807, 2.05) is 32.0 Å². The fourth-order valence-corrected chi connectivity index (χ4v) is 2.80. The summed E-state index contributed by atoms with van der Waals surface area (Å²) in [6, 6.07) is 11.3. The van der Waals surface area contributed by atoms with Gasteiger partial charge in [0.05, 0.1) is 18.5 Å². The third-order valence-electron chi connectivity index (χ3n) is 4.25. The zero-order chi connectivity index (χ0) is 19.6. The summed E-state index contributed by atoms with van der Waals surface area (Å²) >= 11 is 0. The van der Waals surface area contributed by atoms with Crippen LogP contribution in [0, 0.1) is 19.8 Å². The maximum Gasteiger partial charge on any atom is 0.335 e. The van der Waals surface area contributed by atoms with E-state index < -0.39 is 23.8 Å². The molecule has 7 nitrogen and oxygen atoms in total. The van der Waals surface area contributed by atoms with E-state index in [0.29, 0.717) is 17.1 Å². The van der Waals surface area contributed by atoms with Gasteiger partial charge in [-0.05, 0) is 49.7 Å². The second-order valence-corrected chi connectivity index (χ2v) is 6.21. The van der Waals surface area contributed by atoms with Crippen LogP contribution in [0.15, 0.2) is 47.5 Å². The van der Waals surface area contributed by atoms with Gasteiger partial charge < -0.3 is 4.74 Å². The third-order valence-corrected chi connectivity index (χ3v) is 4.25. The Morgan fingerprint density at radius 3 is 2.41 bits per heavy atom. The number of amides is 4. The first-order valence-corrected chi connectivity index (χ1v) is 8.35. The fourth-order valence-electron chi connectivity index (χ4n) is 2.80. The molecule has 27 heavy (non-hydrogen) atoms. The van der Waals surface area contributed by atoms with Gasteiger partial charge in [-0.15, -0.1) is 0 Å². The Hall–Kier alpha value is -3.48. The van der Waals surface area contributed by atoms with E-state index in [9.17, 15) is 14.4 Å². The van der Waals surface area contributed by atoms with Gasteiger partial charge in [-0.2, -0.15) is 0 Å². The summed E-state index contributed by atoms with van der Waals surface area (Å²) in [4.78, 5) is 42.3. The molecule has 3 rings (SSSR count). The molecule has 0 unspecified atom stereocenters. The summed E-state index contributed by atoms with van der Waals surface area (Å²) in [7, 11) is 1.52. The maximum absolute atomic E-state index is 12.8. The van der Waals surface area contributed by atoms with Gasteiger partial charge in [-0.25, -0.2) is 9.69 Å². The largest absolute Gasteiger partial charge is 0.497 e. The van der Waals surface area contributed by atoms with Crippen molar-refractivity contribution >= 4 is 35.4 Å². The molecular weight excluding hydrogens is 346 g/mol. The second kappa shape index (κ2) is 7.41. The lowest BCUT2D eigenvalue weighted by Gasteiger charge is -2.28. The molecule has 2 aromatic rings. The monoisotopic (exact) mass is 365 g/mol. The van der Waals surface area contributed by atoms with Gasteiger partial charge in [0.25, 0.3) is 5.91 Å². The van der Waals surface area contributed by atoms with Crippen molar-refractivity contribution in [2.24, 2.45) is 10.9 Å². The third kappa shape index (κ3) is 3.72. The second-order valence-electron chi connectivity index (χ2n) is 6.21. The van der Waals surface area contributed by atoms with E-state index in [0.717, 1.165) is 16.0 Å². The number of ether oxygens (including phenoxy) is 1. The Balaban J connectivity index is 1.88. The molecule has 1 heterocycles. The van der Waals surface area contributed by atoms with Gasteiger partial charge in [0.1, 0.15) is 5.75 Å². The average molecular weight is 365 g/mol. The molecule has 1 aliphatic heterocycles. The van der Waals surface area contributed by atoms with Crippen LogP contribution in [0.3, 0.4) is 0 Å². The summed E-state index contributed by atoms with van der Waals surface area (Å²) in [6.07, 6.45) is 1.28. The van der Waals surface area contributed by atoms with Crippen LogP contribution in [-0.4, -0.2) is 31.2 Å². The summed E-state index contributed by atoms with van der Waals surface area (Å²) in [5.74, 6) is -1.94. The van der Waals surface area contributed by atoms with Crippen LogP contribution in [-0.2, 0) is 9.59 Å². The molecule has 0 radical (unpaired) electrons. The first kappa shape index (κ1) is 18.3. The van der Waals surface area contributed by atoms with Gasteiger partial charge >= 0.3 is 6.03 Å². The number of imide groups is 2. The van der Waals surface area contributed by atoms with Crippen LogP contribution >= 0.6 is 0 Å². The zero-order valence-corrected chi connectivity index (χ0v) is 15.2. The Kier molecular flexibility index (Phi) is 5.03. The van der Waals surface area contributed by atoms with Crippen LogP contribution in [0.1, 0.15) is 11.1 Å². The van der Waals surface area contributed by atoms with Gasteiger partial charge in [0.2, 0.25) is 5.91 Å². The molecule has 0 spiro atoms. The van der Waals surface area contributed by atoms with Crippen LogP contribution < -0.4 is 15.0 Å². The minimum absolute atomic E-state index is 0.343. The summed E-state index contributed by atoms with van der Waals surface area (Å²) in [5, 5.41) is 2.20. The lowest BCUT2D eigenvalue weighted by Crippen LogP contribution is -2.58. The standard InChI is InChI=1S/C20H19N3O4/c1-12-4-9-17(13(2)10-12)21-11-16-18(24)22-20(26)23(19(16)25)14-5-7-15(27-3)8-6-14/h4-11,16H,1-3H3,(H,22,24,26)/t16-/m1/s1. The zero-order valence-electron chi connectivity index (χ0n) is 15.2. The molecule has 0 bridgehead atoms. The highest BCUT2D eigenvalue weighted by Crippen LogP contribution is 2.24. The van der Waals surface area contributed by atoms with Crippen molar-refractivity contribution in [3.63, 3.8) is 0 Å². The van der Waals surface area contributed by atoms with Crippen molar-refractivity contribution in [3.05, 3.63) is 53.6 Å². The van der Waals surface area contributed by atoms with E-state index in [4.69, 9.17) is 4.74 Å². The number of hydrogen-bond acceptors (Lipinski definition) is 5. The molecule has 1 N–H and O–H groups in total. The first-order chi connectivity index (χ1) is 12.9. The number of barbiturate groups is 1. The van der Waals surface area contributed by atoms with Crippen LogP contribution in [0.2, 0.25) is 0 Å². The topological polar surface area (TPSA) is 88.1 Å². The van der Waals surface area contributed by atoms with Gasteiger partial charge in [0.15, 0.2) is 5.92 Å². The average Bonchev–Trinajstić information content (AvgIpc) is 2.63. The summed E-state index contributed by atoms with van der Waals surface area (Å²) in [6.45, 7) is 3.87. The highest BCUT2D eigenvalue weighted by molar-refractivity contribution is 6.32. The quantitative estimate of drug-likeness (QED) is 0.666. The Bertz CT molecular complexity index is 935. The molecule has 2 aromatic carbocycles. The van der Waals surface area contributed by atoms with Crippen molar-refractivity contribution in [2.45, 2.75) is 13.8 Å². The number of carbonyl (C=O) groups excluding carboxylic acids is 3. The highest BCUT2D eigenvalue weighted by Gasteiger charge is 2.40. The van der Waals surface area contributed by atoms with Crippen molar-refractivity contribution in [3.8, 4) is 5.75 Å². The molecule has 0 aromatic heterocycles. The van der Waals surface area contributed by atoms with E-state index in [1.54, 1.807) is 24.3 Å². The molecule has 138 valence electrons. The molecular formula is C20H19N3O4. The predicted molar refractivity (Wildman–Crippen MR) is 102 cm³/mol. The SMILES string of the molecule is COc1ccc(N2C(=O)NC(=O)[C@@H](C=Nc3ccc(C)cc3C)C2=O)cc1. The number of aliphatic imine (C=N–C) groups is 1. The molecule has 0 saturated carbocycles. The minimum atomic E-state index is -1.19. The van der Waals surface area contributed by atoms with Crippen molar-refractivity contribution in [2.75, 3.05) is 12.0 Å². The molecule has 1 fully saturated rings. The van der Waals surface area contributed by atoms with Crippen LogP contribution in [0.5, 0.6) is 5.75 Å². The number of benzene rings is 2. The predicted octanol–water partition coefficient (Wildman–Crippen LogP) is 2.91. The number of carbonyl (C=O) groups is 3. The highest BCUT2D eigenvalue weighted by atomic mass is 16.5. The molecule has 1 aliphatic rings. The number of rotatable bonds is 4. The van der Waals surface area contributed by atoms with E-state index in [-0.39, 0.29) is 0 Å². The number of urea groups is 1. The smallest absolute Gasteiger partial charge is 0.335 e. The minimum Gasteiger partial charge on any atom is -0.497 e. The number of methoxy groups -OCH3 is 1. The van der Waals surface area contributed by atoms with Crippen LogP contribution in [0.25, 0.3) is 0 Å². The molecule has 7 heteroatoms. The van der Waals surface area contributed by atoms with E-state index in [1.165, 1.54) is 13.3 Å². The Morgan fingerprint density at radius 1 is 1.07 bits per heavy atom. The van der Waals surface area contributed by atoms with E-state index in [2.05, 4.69) is 10.3 Å². The lowest BCUT2D eigenvalue weighted by molar-refractivity contribution is -0.131. The van der Waals surface area contributed by atoms with Gasteiger partial charge in [0, 0.05) is 6.21 Å². The fraction of sp³-hybridized carbons (Fsp3) is 0.200. The van der Waals surface area contributed by atoms with Crippen molar-refractivity contribution in [1.29, 1.82) is 0 Å². The molecule has 1 atom stereocenters. The summed E-state index contributed by atoms with van der Waals surface area (Å²) in [5.41, 5.74) is 3.03. The van der Waals surface area contributed by atoms with Gasteiger partial charge in [-0.1, -0.05) is 17.7 Å². The molecule has 0 aliphatic carbocycles. The van der Waals surface area contributed by atoms with Crippen molar-refractivity contribution in [1.82, 2.24) is 5.32 Å². The van der Waals surface area contributed by atoms with Crippen LogP contribution in [0.4, 0.5) is 16.2 Å². The van der Waals surface area contributed by atoms with E-state index >= 15 is 0 Å². The molecule has 1 saturated heterocycles. The number of anilines is 1. The Labute approximate surface area is 156 Å². The van der Waals surface area contributed by atoms with Gasteiger partial charge in [-0.3, -0.25) is 19.9 Å². The number of aryl methyl sites for hydroxylation is 2. The normalized spacial score (nSPS) is 17.4. The number of hydrogen-bond donors (Lipinski definition) is 1. The lowest BCUT2D eigenvalue weighted by atomic mass is 10.1. The first-order valence-electron chi connectivity index (χ1n) is 8.35. The number of nitrogens with zero attached hydrogens (tertiary/aromatic N) is 2.